The highest BCUT2D eigenvalue weighted by Gasteiger charge is 2.07. The lowest BCUT2D eigenvalue weighted by Gasteiger charge is -2.13. The van der Waals surface area contributed by atoms with Crippen LogP contribution in [-0.4, -0.2) is 24.5 Å². The number of aryl methyl sites for hydroxylation is 3. The first kappa shape index (κ1) is 25.9. The number of nitrogens with zero attached hydrogens (tertiary/aromatic N) is 1. The summed E-state index contributed by atoms with van der Waals surface area (Å²) in [5, 5.41) is 4.53. The summed E-state index contributed by atoms with van der Waals surface area (Å²) < 4.78 is 0. The van der Waals surface area contributed by atoms with Gasteiger partial charge in [0.25, 0.3) is 0 Å². The van der Waals surface area contributed by atoms with Gasteiger partial charge in [-0.15, -0.1) is 0 Å². The number of hydrogen-bond donors (Lipinski definition) is 2. The molecule has 34 heavy (non-hydrogen) atoms. The Balaban J connectivity index is 0.000000970. The number of carbonyl (C=O) groups is 3. The molecule has 1 aromatic heterocycles. The molecule has 0 aliphatic carbocycles. The molecule has 6 heteroatoms. The van der Waals surface area contributed by atoms with Crippen molar-refractivity contribution in [2.75, 3.05) is 5.32 Å². The van der Waals surface area contributed by atoms with E-state index in [1.807, 2.05) is 43.9 Å². The van der Waals surface area contributed by atoms with Crippen molar-refractivity contribution in [3.05, 3.63) is 94.5 Å². The smallest absolute Gasteiger partial charge is 0.248 e. The molecular formula is C28H29N3O3. The maximum atomic E-state index is 11.3. The number of nitrogens with two attached hydrogens (primary N) is 1. The Bertz CT molecular complexity index is 1260. The third kappa shape index (κ3) is 6.13. The molecule has 0 saturated heterocycles. The van der Waals surface area contributed by atoms with Crippen molar-refractivity contribution in [3.8, 4) is 11.1 Å². The SMILES string of the molecule is C=O.C=O.Cc1cc(C)c(CNc2ccc3cc(-c4ccc(C(N)=O)cc4)ccc3n2)c(C)c1. The van der Waals surface area contributed by atoms with Crippen molar-refractivity contribution in [2.45, 2.75) is 27.3 Å². The number of amides is 1. The highest BCUT2D eigenvalue weighted by Crippen LogP contribution is 2.25. The van der Waals surface area contributed by atoms with Crippen LogP contribution in [0.5, 0.6) is 0 Å². The van der Waals surface area contributed by atoms with Gasteiger partial charge in [0.2, 0.25) is 5.91 Å². The molecule has 1 amide bonds. The van der Waals surface area contributed by atoms with Crippen LogP contribution in [0.4, 0.5) is 5.82 Å². The minimum atomic E-state index is -0.416. The second-order valence-corrected chi connectivity index (χ2v) is 7.78. The van der Waals surface area contributed by atoms with Crippen molar-refractivity contribution in [2.24, 2.45) is 5.73 Å². The molecular weight excluding hydrogens is 426 g/mol. The average Bonchev–Trinajstić information content (AvgIpc) is 2.85. The van der Waals surface area contributed by atoms with Gasteiger partial charge in [0.1, 0.15) is 19.4 Å². The van der Waals surface area contributed by atoms with Gasteiger partial charge < -0.3 is 20.6 Å². The number of benzene rings is 3. The highest BCUT2D eigenvalue weighted by atomic mass is 16.1. The standard InChI is InChI=1S/C26H25N3O.2CH2O/c1-16-12-17(2)23(18(3)13-16)15-28-25-11-9-22-14-21(8-10-24(22)29-25)19-4-6-20(7-5-19)26(27)30;2*1-2/h4-14H,15H2,1-3H3,(H2,27,30)(H,28,29);2*1H2. The molecule has 0 atom stereocenters. The third-order valence-corrected chi connectivity index (χ3v) is 5.48. The van der Waals surface area contributed by atoms with E-state index in [9.17, 15) is 4.79 Å². The first-order chi connectivity index (χ1) is 16.4. The largest absolute Gasteiger partial charge is 0.366 e. The summed E-state index contributed by atoms with van der Waals surface area (Å²) in [4.78, 5) is 32.0. The number of aromatic nitrogens is 1. The van der Waals surface area contributed by atoms with Crippen LogP contribution in [0, 0.1) is 20.8 Å². The van der Waals surface area contributed by atoms with Crippen LogP contribution in [-0.2, 0) is 16.1 Å². The Hall–Kier alpha value is -4.32. The summed E-state index contributed by atoms with van der Waals surface area (Å²) in [6.07, 6.45) is 0. The number of carbonyl (C=O) groups excluding carboxylic acids is 3. The molecule has 0 aliphatic heterocycles. The van der Waals surface area contributed by atoms with E-state index in [4.69, 9.17) is 20.3 Å². The zero-order valence-electron chi connectivity index (χ0n) is 19.7. The van der Waals surface area contributed by atoms with Crippen LogP contribution >= 0.6 is 0 Å². The summed E-state index contributed by atoms with van der Waals surface area (Å²) in [6.45, 7) is 11.2. The van der Waals surface area contributed by atoms with Crippen molar-refractivity contribution >= 4 is 36.2 Å². The third-order valence-electron chi connectivity index (χ3n) is 5.48. The molecule has 0 spiro atoms. The van der Waals surface area contributed by atoms with Gasteiger partial charge in [0.05, 0.1) is 5.52 Å². The van der Waals surface area contributed by atoms with E-state index < -0.39 is 5.91 Å². The minimum Gasteiger partial charge on any atom is -0.366 e. The Morgan fingerprint density at radius 2 is 1.41 bits per heavy atom. The van der Waals surface area contributed by atoms with Gasteiger partial charge in [-0.25, -0.2) is 4.98 Å². The summed E-state index contributed by atoms with van der Waals surface area (Å²) in [5.74, 6) is 0.445. The Labute approximate surface area is 199 Å². The van der Waals surface area contributed by atoms with Gasteiger partial charge in [-0.2, -0.15) is 0 Å². The predicted octanol–water partition coefficient (Wildman–Crippen LogP) is 5.17. The van der Waals surface area contributed by atoms with Crippen LogP contribution in [0.1, 0.15) is 32.6 Å². The average molecular weight is 456 g/mol. The van der Waals surface area contributed by atoms with Gasteiger partial charge >= 0.3 is 0 Å². The molecule has 3 aromatic carbocycles. The number of hydrogen-bond acceptors (Lipinski definition) is 5. The summed E-state index contributed by atoms with van der Waals surface area (Å²) in [5.41, 5.74) is 14.1. The Morgan fingerprint density at radius 1 is 0.824 bits per heavy atom. The lowest BCUT2D eigenvalue weighted by atomic mass is 10.00. The molecule has 0 aliphatic rings. The molecule has 0 bridgehead atoms. The van der Waals surface area contributed by atoms with Gasteiger partial charge in [-0.05, 0) is 85.0 Å². The number of rotatable bonds is 5. The van der Waals surface area contributed by atoms with E-state index in [2.05, 4.69) is 50.4 Å². The van der Waals surface area contributed by atoms with Crippen molar-refractivity contribution in [3.63, 3.8) is 0 Å². The van der Waals surface area contributed by atoms with E-state index in [0.717, 1.165) is 34.4 Å². The van der Waals surface area contributed by atoms with E-state index in [1.54, 1.807) is 12.1 Å². The molecule has 4 rings (SSSR count). The number of pyridine rings is 1. The van der Waals surface area contributed by atoms with Crippen molar-refractivity contribution in [1.82, 2.24) is 4.98 Å². The number of primary amides is 1. The zero-order valence-corrected chi connectivity index (χ0v) is 19.7. The minimum absolute atomic E-state index is 0.416. The van der Waals surface area contributed by atoms with Gasteiger partial charge in [0, 0.05) is 17.5 Å². The maximum absolute atomic E-state index is 11.3. The second-order valence-electron chi connectivity index (χ2n) is 7.78. The molecule has 0 saturated carbocycles. The van der Waals surface area contributed by atoms with Gasteiger partial charge in [-0.3, -0.25) is 4.79 Å². The number of fused-ring (bicyclic) bond motifs is 1. The fraction of sp³-hybridized carbons (Fsp3) is 0.143. The quantitative estimate of drug-likeness (QED) is 0.432. The van der Waals surface area contributed by atoms with Crippen LogP contribution in [0.25, 0.3) is 22.0 Å². The van der Waals surface area contributed by atoms with Crippen LogP contribution < -0.4 is 11.1 Å². The normalized spacial score (nSPS) is 9.85. The topological polar surface area (TPSA) is 102 Å². The van der Waals surface area contributed by atoms with Crippen molar-refractivity contribution < 1.29 is 14.4 Å². The zero-order chi connectivity index (χ0) is 25.3. The lowest BCUT2D eigenvalue weighted by Crippen LogP contribution is -2.10. The molecule has 0 unspecified atom stereocenters. The van der Waals surface area contributed by atoms with E-state index in [1.165, 1.54) is 22.3 Å². The van der Waals surface area contributed by atoms with E-state index >= 15 is 0 Å². The Kier molecular flexibility index (Phi) is 9.20. The first-order valence-corrected chi connectivity index (χ1v) is 10.6. The lowest BCUT2D eigenvalue weighted by molar-refractivity contribution is -0.0987. The monoisotopic (exact) mass is 455 g/mol. The fourth-order valence-electron chi connectivity index (χ4n) is 3.90. The second kappa shape index (κ2) is 12.1. The van der Waals surface area contributed by atoms with Crippen LogP contribution in [0.15, 0.2) is 66.7 Å². The van der Waals surface area contributed by atoms with Crippen molar-refractivity contribution in [1.29, 1.82) is 0 Å². The number of nitrogens with one attached hydrogen (secondary N) is 1. The van der Waals surface area contributed by atoms with Crippen LogP contribution in [0.2, 0.25) is 0 Å². The van der Waals surface area contributed by atoms with Crippen LogP contribution in [0.3, 0.4) is 0 Å². The molecule has 4 aromatic rings. The summed E-state index contributed by atoms with van der Waals surface area (Å²) >= 11 is 0. The summed E-state index contributed by atoms with van der Waals surface area (Å²) in [6, 6.07) is 22.1. The Morgan fingerprint density at radius 3 is 2.00 bits per heavy atom. The molecule has 6 nitrogen and oxygen atoms in total. The molecule has 0 fully saturated rings. The highest BCUT2D eigenvalue weighted by molar-refractivity contribution is 5.93. The molecule has 3 N–H and O–H groups in total. The summed E-state index contributed by atoms with van der Waals surface area (Å²) in [7, 11) is 0. The molecule has 0 radical (unpaired) electrons. The van der Waals surface area contributed by atoms with Gasteiger partial charge in [-0.1, -0.05) is 35.9 Å². The number of anilines is 1. The fourth-order valence-corrected chi connectivity index (χ4v) is 3.90. The van der Waals surface area contributed by atoms with Gasteiger partial charge in [0.15, 0.2) is 0 Å². The maximum Gasteiger partial charge on any atom is 0.248 e. The van der Waals surface area contributed by atoms with E-state index in [0.29, 0.717) is 5.56 Å². The first-order valence-electron chi connectivity index (χ1n) is 10.6. The molecule has 1 heterocycles. The van der Waals surface area contributed by atoms with E-state index in [-0.39, 0.29) is 0 Å². The predicted molar refractivity (Wildman–Crippen MR) is 138 cm³/mol. The molecule has 174 valence electrons.